The van der Waals surface area contributed by atoms with Gasteiger partial charge in [0.25, 0.3) is 5.56 Å². The van der Waals surface area contributed by atoms with Crippen LogP contribution in [0, 0.1) is 0 Å². The summed E-state index contributed by atoms with van der Waals surface area (Å²) in [5.41, 5.74) is 0.651. The maximum absolute atomic E-state index is 12.1. The molecule has 0 bridgehead atoms. The molecular weight excluding hydrogens is 348 g/mol. The van der Waals surface area contributed by atoms with Gasteiger partial charge in [0, 0.05) is 9.37 Å². The lowest BCUT2D eigenvalue weighted by Crippen LogP contribution is -2.12. The lowest BCUT2D eigenvalue weighted by molar-refractivity contribution is 0.922. The molecule has 0 saturated carbocycles. The number of hydrogen-bond donors (Lipinski definition) is 1. The second-order valence-electron chi connectivity index (χ2n) is 4.68. The van der Waals surface area contributed by atoms with E-state index in [-0.39, 0.29) is 10.8 Å². The van der Waals surface area contributed by atoms with Crippen molar-refractivity contribution in [2.45, 2.75) is 17.1 Å². The topological polar surface area (TPSA) is 45.8 Å². The SMILES string of the molecule is C[C@H](Sc1ccc(Br)cc1)c1nc2ccccc2c(=O)[nH]1. The fourth-order valence-electron chi connectivity index (χ4n) is 2.07. The first-order valence-corrected chi connectivity index (χ1v) is 8.22. The highest BCUT2D eigenvalue weighted by molar-refractivity contribution is 9.10. The maximum Gasteiger partial charge on any atom is 0.258 e. The molecule has 106 valence electrons. The van der Waals surface area contributed by atoms with Crippen LogP contribution in [0.25, 0.3) is 10.9 Å². The van der Waals surface area contributed by atoms with Gasteiger partial charge in [0.2, 0.25) is 0 Å². The molecule has 0 aliphatic rings. The summed E-state index contributed by atoms with van der Waals surface area (Å²) < 4.78 is 1.05. The van der Waals surface area contributed by atoms with Gasteiger partial charge in [-0.3, -0.25) is 4.79 Å². The molecule has 2 aromatic carbocycles. The van der Waals surface area contributed by atoms with Crippen LogP contribution in [-0.2, 0) is 0 Å². The predicted molar refractivity (Wildman–Crippen MR) is 90.8 cm³/mol. The van der Waals surface area contributed by atoms with Crippen LogP contribution in [0.1, 0.15) is 18.0 Å². The van der Waals surface area contributed by atoms with Gasteiger partial charge in [-0.25, -0.2) is 4.98 Å². The molecule has 0 saturated heterocycles. The van der Waals surface area contributed by atoms with Crippen LogP contribution in [0.15, 0.2) is 62.7 Å². The predicted octanol–water partition coefficient (Wildman–Crippen LogP) is 4.54. The van der Waals surface area contributed by atoms with E-state index in [0.717, 1.165) is 14.9 Å². The van der Waals surface area contributed by atoms with E-state index in [1.165, 1.54) is 0 Å². The summed E-state index contributed by atoms with van der Waals surface area (Å²) in [7, 11) is 0. The Kier molecular flexibility index (Phi) is 4.12. The third-order valence-corrected chi connectivity index (χ3v) is 4.79. The van der Waals surface area contributed by atoms with E-state index in [9.17, 15) is 4.79 Å². The molecule has 3 nitrogen and oxygen atoms in total. The largest absolute Gasteiger partial charge is 0.309 e. The summed E-state index contributed by atoms with van der Waals surface area (Å²) in [5.74, 6) is 0.701. The number of halogens is 1. The van der Waals surface area contributed by atoms with Gasteiger partial charge in [0.1, 0.15) is 5.82 Å². The van der Waals surface area contributed by atoms with Crippen LogP contribution in [0.3, 0.4) is 0 Å². The molecule has 5 heteroatoms. The number of H-pyrrole nitrogens is 1. The van der Waals surface area contributed by atoms with Crippen molar-refractivity contribution < 1.29 is 0 Å². The Balaban J connectivity index is 1.92. The van der Waals surface area contributed by atoms with Gasteiger partial charge in [-0.05, 0) is 43.3 Å². The molecule has 21 heavy (non-hydrogen) atoms. The van der Waals surface area contributed by atoms with Crippen LogP contribution in [-0.4, -0.2) is 9.97 Å². The van der Waals surface area contributed by atoms with E-state index < -0.39 is 0 Å². The molecule has 1 atom stereocenters. The Morgan fingerprint density at radius 2 is 1.86 bits per heavy atom. The van der Waals surface area contributed by atoms with Gasteiger partial charge in [0.15, 0.2) is 0 Å². The van der Waals surface area contributed by atoms with Gasteiger partial charge < -0.3 is 4.98 Å². The van der Waals surface area contributed by atoms with Gasteiger partial charge in [-0.2, -0.15) is 0 Å². The third-order valence-electron chi connectivity index (χ3n) is 3.14. The number of para-hydroxylation sites is 1. The summed E-state index contributed by atoms with van der Waals surface area (Å²) in [6.07, 6.45) is 0. The van der Waals surface area contributed by atoms with Gasteiger partial charge >= 0.3 is 0 Å². The molecule has 1 N–H and O–H groups in total. The molecule has 0 unspecified atom stereocenters. The third kappa shape index (κ3) is 3.19. The number of rotatable bonds is 3. The first-order chi connectivity index (χ1) is 10.1. The average molecular weight is 361 g/mol. The summed E-state index contributed by atoms with van der Waals surface area (Å²) in [5, 5.41) is 0.700. The number of nitrogens with one attached hydrogen (secondary N) is 1. The van der Waals surface area contributed by atoms with Crippen molar-refractivity contribution in [3.63, 3.8) is 0 Å². The van der Waals surface area contributed by atoms with Crippen LogP contribution in [0.4, 0.5) is 0 Å². The number of nitrogens with zero attached hydrogens (tertiary/aromatic N) is 1. The number of aromatic amines is 1. The fraction of sp³-hybridized carbons (Fsp3) is 0.125. The highest BCUT2D eigenvalue weighted by atomic mass is 79.9. The van der Waals surface area contributed by atoms with Crippen molar-refractivity contribution in [1.82, 2.24) is 9.97 Å². The zero-order chi connectivity index (χ0) is 14.8. The summed E-state index contributed by atoms with van der Waals surface area (Å²) in [4.78, 5) is 20.7. The zero-order valence-electron chi connectivity index (χ0n) is 11.3. The Hall–Kier alpha value is -1.59. The molecule has 0 aliphatic carbocycles. The van der Waals surface area contributed by atoms with E-state index in [1.807, 2.05) is 49.4 Å². The number of benzene rings is 2. The highest BCUT2D eigenvalue weighted by Gasteiger charge is 2.12. The molecule has 1 aromatic heterocycles. The summed E-state index contributed by atoms with van der Waals surface area (Å²) >= 11 is 5.09. The fourth-order valence-corrected chi connectivity index (χ4v) is 3.26. The molecule has 0 radical (unpaired) electrons. The standard InChI is InChI=1S/C16H13BrN2OS/c1-10(21-12-8-6-11(17)7-9-12)15-18-14-5-3-2-4-13(14)16(20)19-15/h2-10H,1H3,(H,18,19,20)/t10-/m0/s1. The van der Waals surface area contributed by atoms with E-state index in [1.54, 1.807) is 17.8 Å². The molecule has 3 aromatic rings. The van der Waals surface area contributed by atoms with E-state index >= 15 is 0 Å². The van der Waals surface area contributed by atoms with Gasteiger partial charge in [-0.15, -0.1) is 11.8 Å². The smallest absolute Gasteiger partial charge is 0.258 e. The first kappa shape index (κ1) is 14.4. The number of hydrogen-bond acceptors (Lipinski definition) is 3. The van der Waals surface area contributed by atoms with Crippen molar-refractivity contribution in [2.24, 2.45) is 0 Å². The van der Waals surface area contributed by atoms with Gasteiger partial charge in [0.05, 0.1) is 16.2 Å². The van der Waals surface area contributed by atoms with E-state index in [4.69, 9.17) is 0 Å². The van der Waals surface area contributed by atoms with E-state index in [0.29, 0.717) is 11.2 Å². The van der Waals surface area contributed by atoms with Crippen LogP contribution in [0.5, 0.6) is 0 Å². The number of aromatic nitrogens is 2. The lowest BCUT2D eigenvalue weighted by atomic mass is 10.2. The number of fused-ring (bicyclic) bond motifs is 1. The van der Waals surface area contributed by atoms with Crippen molar-refractivity contribution >= 4 is 38.6 Å². The zero-order valence-corrected chi connectivity index (χ0v) is 13.7. The molecule has 0 aliphatic heterocycles. The van der Waals surface area contributed by atoms with Crippen LogP contribution >= 0.6 is 27.7 Å². The second-order valence-corrected chi connectivity index (χ2v) is 7.01. The monoisotopic (exact) mass is 360 g/mol. The quantitative estimate of drug-likeness (QED) is 0.697. The van der Waals surface area contributed by atoms with Crippen molar-refractivity contribution in [2.75, 3.05) is 0 Å². The Labute approximate surface area is 134 Å². The Morgan fingerprint density at radius 3 is 2.62 bits per heavy atom. The minimum atomic E-state index is -0.0844. The molecule has 3 rings (SSSR count). The van der Waals surface area contributed by atoms with Crippen molar-refractivity contribution in [1.29, 1.82) is 0 Å². The Bertz CT molecular complexity index is 830. The second kappa shape index (κ2) is 6.03. The van der Waals surface area contributed by atoms with Crippen molar-refractivity contribution in [3.05, 3.63) is 69.2 Å². The van der Waals surface area contributed by atoms with Crippen molar-refractivity contribution in [3.8, 4) is 0 Å². The maximum atomic E-state index is 12.1. The minimum Gasteiger partial charge on any atom is -0.309 e. The lowest BCUT2D eigenvalue weighted by Gasteiger charge is -2.11. The molecular formula is C16H13BrN2OS. The summed E-state index contributed by atoms with van der Waals surface area (Å²) in [6.45, 7) is 2.04. The van der Waals surface area contributed by atoms with Gasteiger partial charge in [-0.1, -0.05) is 28.1 Å². The van der Waals surface area contributed by atoms with Crippen LogP contribution < -0.4 is 5.56 Å². The summed E-state index contributed by atoms with van der Waals surface area (Å²) in [6, 6.07) is 15.5. The normalized spacial score (nSPS) is 12.5. The average Bonchev–Trinajstić information content (AvgIpc) is 2.49. The van der Waals surface area contributed by atoms with Crippen LogP contribution in [0.2, 0.25) is 0 Å². The molecule has 0 spiro atoms. The molecule has 1 heterocycles. The number of thioether (sulfide) groups is 1. The molecule has 0 fully saturated rings. The Morgan fingerprint density at radius 1 is 1.14 bits per heavy atom. The molecule has 0 amide bonds. The minimum absolute atomic E-state index is 0.0727. The van der Waals surface area contributed by atoms with E-state index in [2.05, 4.69) is 25.9 Å². The first-order valence-electron chi connectivity index (χ1n) is 6.54. The highest BCUT2D eigenvalue weighted by Crippen LogP contribution is 2.33.